The lowest BCUT2D eigenvalue weighted by Crippen LogP contribution is -2.35. The molecule has 0 fully saturated rings. The van der Waals surface area contributed by atoms with Crippen molar-refractivity contribution in [2.45, 2.75) is 33.2 Å². The Balaban J connectivity index is 2.82. The maximum absolute atomic E-state index is 11.8. The molecule has 0 spiro atoms. The topological polar surface area (TPSA) is 66.4 Å². The van der Waals surface area contributed by atoms with Gasteiger partial charge in [-0.3, -0.25) is 4.79 Å². The zero-order valence-electron chi connectivity index (χ0n) is 12.1. The SMILES string of the molecule is CCCSCC(=O)NC(C(=O)O)c1cccc(C)c1C. The summed E-state index contributed by atoms with van der Waals surface area (Å²) in [6.07, 6.45) is 0.997. The molecule has 0 aromatic heterocycles. The number of amides is 1. The molecule has 1 unspecified atom stereocenters. The fraction of sp³-hybridized carbons (Fsp3) is 0.467. The van der Waals surface area contributed by atoms with Gasteiger partial charge in [-0.2, -0.15) is 11.8 Å². The van der Waals surface area contributed by atoms with Crippen molar-refractivity contribution >= 4 is 23.6 Å². The Kier molecular flexibility index (Phi) is 6.58. The lowest BCUT2D eigenvalue weighted by atomic mass is 9.97. The Morgan fingerprint density at radius 3 is 2.65 bits per heavy atom. The van der Waals surface area contributed by atoms with Crippen LogP contribution in [0, 0.1) is 13.8 Å². The van der Waals surface area contributed by atoms with Gasteiger partial charge in [-0.25, -0.2) is 4.79 Å². The summed E-state index contributed by atoms with van der Waals surface area (Å²) in [4.78, 5) is 23.2. The zero-order chi connectivity index (χ0) is 15.1. The molecule has 0 saturated heterocycles. The van der Waals surface area contributed by atoms with E-state index in [0.717, 1.165) is 23.3 Å². The van der Waals surface area contributed by atoms with Gasteiger partial charge in [0.25, 0.3) is 0 Å². The van der Waals surface area contributed by atoms with Gasteiger partial charge in [0, 0.05) is 0 Å². The quantitative estimate of drug-likeness (QED) is 0.759. The van der Waals surface area contributed by atoms with E-state index in [1.165, 1.54) is 11.8 Å². The number of carboxylic acid groups (broad SMARTS) is 1. The highest BCUT2D eigenvalue weighted by molar-refractivity contribution is 7.99. The van der Waals surface area contributed by atoms with Gasteiger partial charge in [-0.15, -0.1) is 0 Å². The predicted molar refractivity (Wildman–Crippen MR) is 82.1 cm³/mol. The summed E-state index contributed by atoms with van der Waals surface area (Å²) in [6, 6.07) is 4.51. The Labute approximate surface area is 124 Å². The largest absolute Gasteiger partial charge is 0.479 e. The Bertz CT molecular complexity index is 488. The highest BCUT2D eigenvalue weighted by Gasteiger charge is 2.23. The molecule has 5 heteroatoms. The molecule has 1 aromatic rings. The minimum Gasteiger partial charge on any atom is -0.479 e. The number of carbonyl (C=O) groups is 2. The molecule has 0 aliphatic heterocycles. The molecule has 20 heavy (non-hydrogen) atoms. The van der Waals surface area contributed by atoms with Crippen LogP contribution in [0.4, 0.5) is 0 Å². The average Bonchev–Trinajstić information content (AvgIpc) is 2.40. The fourth-order valence-corrected chi connectivity index (χ4v) is 2.57. The fourth-order valence-electron chi connectivity index (χ4n) is 1.87. The van der Waals surface area contributed by atoms with Gasteiger partial charge in [-0.1, -0.05) is 25.1 Å². The van der Waals surface area contributed by atoms with E-state index in [2.05, 4.69) is 5.32 Å². The van der Waals surface area contributed by atoms with Crippen molar-refractivity contribution in [2.24, 2.45) is 0 Å². The van der Waals surface area contributed by atoms with Crippen LogP contribution in [0.3, 0.4) is 0 Å². The smallest absolute Gasteiger partial charge is 0.330 e. The molecule has 0 bridgehead atoms. The van der Waals surface area contributed by atoms with E-state index in [9.17, 15) is 14.7 Å². The number of benzene rings is 1. The van der Waals surface area contributed by atoms with Crippen molar-refractivity contribution in [1.82, 2.24) is 5.32 Å². The molecule has 0 saturated carbocycles. The van der Waals surface area contributed by atoms with Crippen LogP contribution in [-0.4, -0.2) is 28.5 Å². The van der Waals surface area contributed by atoms with Crippen LogP contribution in [0.25, 0.3) is 0 Å². The van der Waals surface area contributed by atoms with E-state index in [-0.39, 0.29) is 5.91 Å². The Morgan fingerprint density at radius 1 is 1.35 bits per heavy atom. The third-order valence-electron chi connectivity index (χ3n) is 3.09. The molecule has 2 N–H and O–H groups in total. The van der Waals surface area contributed by atoms with E-state index in [1.807, 2.05) is 32.9 Å². The van der Waals surface area contributed by atoms with Crippen LogP contribution in [0.15, 0.2) is 18.2 Å². The van der Waals surface area contributed by atoms with Crippen molar-refractivity contribution in [2.75, 3.05) is 11.5 Å². The molecule has 0 heterocycles. The van der Waals surface area contributed by atoms with Crippen molar-refractivity contribution < 1.29 is 14.7 Å². The minimum absolute atomic E-state index is 0.239. The van der Waals surface area contributed by atoms with Gasteiger partial charge in [0.05, 0.1) is 5.75 Å². The lowest BCUT2D eigenvalue weighted by molar-refractivity contribution is -0.141. The number of hydrogen-bond acceptors (Lipinski definition) is 3. The van der Waals surface area contributed by atoms with Crippen molar-refractivity contribution in [1.29, 1.82) is 0 Å². The number of carboxylic acids is 1. The molecule has 0 aliphatic rings. The molecule has 110 valence electrons. The molecule has 1 amide bonds. The average molecular weight is 295 g/mol. The first kappa shape index (κ1) is 16.6. The number of aryl methyl sites for hydroxylation is 1. The number of aliphatic carboxylic acids is 1. The van der Waals surface area contributed by atoms with Crippen LogP contribution >= 0.6 is 11.8 Å². The summed E-state index contributed by atoms with van der Waals surface area (Å²) in [6.45, 7) is 5.84. The Hall–Kier alpha value is -1.49. The van der Waals surface area contributed by atoms with E-state index in [4.69, 9.17) is 0 Å². The number of carbonyl (C=O) groups excluding carboxylic acids is 1. The van der Waals surface area contributed by atoms with E-state index in [1.54, 1.807) is 6.07 Å². The van der Waals surface area contributed by atoms with Gasteiger partial charge in [0.15, 0.2) is 6.04 Å². The van der Waals surface area contributed by atoms with E-state index < -0.39 is 12.0 Å². The van der Waals surface area contributed by atoms with Gasteiger partial charge in [0.2, 0.25) is 5.91 Å². The normalized spacial score (nSPS) is 11.9. The molecule has 1 aromatic carbocycles. The molecular weight excluding hydrogens is 274 g/mol. The summed E-state index contributed by atoms with van der Waals surface area (Å²) >= 11 is 1.51. The molecule has 0 radical (unpaired) electrons. The number of hydrogen-bond donors (Lipinski definition) is 2. The summed E-state index contributed by atoms with van der Waals surface area (Å²) in [5, 5.41) is 11.9. The monoisotopic (exact) mass is 295 g/mol. The maximum Gasteiger partial charge on any atom is 0.330 e. The second kappa shape index (κ2) is 7.94. The van der Waals surface area contributed by atoms with Gasteiger partial charge >= 0.3 is 5.97 Å². The highest BCUT2D eigenvalue weighted by atomic mass is 32.2. The summed E-state index contributed by atoms with van der Waals surface area (Å²) in [5.74, 6) is -0.0822. The zero-order valence-corrected chi connectivity index (χ0v) is 12.9. The lowest BCUT2D eigenvalue weighted by Gasteiger charge is -2.18. The van der Waals surface area contributed by atoms with E-state index in [0.29, 0.717) is 11.3 Å². The van der Waals surface area contributed by atoms with Crippen LogP contribution in [0.5, 0.6) is 0 Å². The Morgan fingerprint density at radius 2 is 2.05 bits per heavy atom. The second-order valence-electron chi connectivity index (χ2n) is 4.68. The first-order valence-corrected chi connectivity index (χ1v) is 7.78. The number of rotatable bonds is 7. The van der Waals surface area contributed by atoms with Crippen molar-refractivity contribution in [3.63, 3.8) is 0 Å². The van der Waals surface area contributed by atoms with Crippen LogP contribution in [0.1, 0.15) is 36.1 Å². The van der Waals surface area contributed by atoms with Crippen LogP contribution in [-0.2, 0) is 9.59 Å². The first-order valence-electron chi connectivity index (χ1n) is 6.63. The van der Waals surface area contributed by atoms with Crippen LogP contribution < -0.4 is 5.32 Å². The van der Waals surface area contributed by atoms with Gasteiger partial charge < -0.3 is 10.4 Å². The van der Waals surface area contributed by atoms with Gasteiger partial charge in [0.1, 0.15) is 0 Å². The van der Waals surface area contributed by atoms with Crippen LogP contribution in [0.2, 0.25) is 0 Å². The molecule has 4 nitrogen and oxygen atoms in total. The summed E-state index contributed by atoms with van der Waals surface area (Å²) < 4.78 is 0. The summed E-state index contributed by atoms with van der Waals surface area (Å²) in [7, 11) is 0. The number of thioether (sulfide) groups is 1. The van der Waals surface area contributed by atoms with Crippen molar-refractivity contribution in [3.8, 4) is 0 Å². The summed E-state index contributed by atoms with van der Waals surface area (Å²) in [5.41, 5.74) is 2.57. The molecule has 1 atom stereocenters. The standard InChI is InChI=1S/C15H21NO3S/c1-4-8-20-9-13(17)16-14(15(18)19)12-7-5-6-10(2)11(12)3/h5-7,14H,4,8-9H2,1-3H3,(H,16,17)(H,18,19). The second-order valence-corrected chi connectivity index (χ2v) is 5.79. The van der Waals surface area contributed by atoms with Crippen molar-refractivity contribution in [3.05, 3.63) is 34.9 Å². The molecule has 1 rings (SSSR count). The third-order valence-corrected chi connectivity index (χ3v) is 4.25. The first-order chi connectivity index (χ1) is 9.47. The highest BCUT2D eigenvalue weighted by Crippen LogP contribution is 2.21. The number of nitrogens with one attached hydrogen (secondary N) is 1. The predicted octanol–water partition coefficient (Wildman–Crippen LogP) is 2.69. The third kappa shape index (κ3) is 4.56. The molecule has 0 aliphatic carbocycles. The molecular formula is C15H21NO3S. The minimum atomic E-state index is -1.03. The maximum atomic E-state index is 11.8. The van der Waals surface area contributed by atoms with E-state index >= 15 is 0 Å². The van der Waals surface area contributed by atoms with Gasteiger partial charge in [-0.05, 0) is 42.7 Å².